The molecule has 0 saturated heterocycles. The Morgan fingerprint density at radius 2 is 0.943 bits per heavy atom. The molecular formula is C45H86NO7+. The van der Waals surface area contributed by atoms with Crippen molar-refractivity contribution in [2.24, 2.45) is 0 Å². The molecule has 0 rings (SSSR count). The van der Waals surface area contributed by atoms with E-state index in [0.29, 0.717) is 19.3 Å². The van der Waals surface area contributed by atoms with Crippen molar-refractivity contribution in [2.45, 2.75) is 219 Å². The number of unbranched alkanes of at least 4 members (excludes halogenated alkanes) is 24. The lowest BCUT2D eigenvalue weighted by Crippen LogP contribution is -2.50. The number of hydrogen-bond acceptors (Lipinski definition) is 6. The van der Waals surface area contributed by atoms with E-state index in [1.165, 1.54) is 135 Å². The van der Waals surface area contributed by atoms with Crippen molar-refractivity contribution >= 4 is 17.9 Å². The Morgan fingerprint density at radius 3 is 1.38 bits per heavy atom. The molecule has 0 spiro atoms. The third-order valence-corrected chi connectivity index (χ3v) is 10.2. The molecule has 0 aliphatic carbocycles. The van der Waals surface area contributed by atoms with Gasteiger partial charge >= 0.3 is 17.9 Å². The van der Waals surface area contributed by atoms with Crippen LogP contribution >= 0.6 is 0 Å². The second-order valence-electron chi connectivity index (χ2n) is 16.3. The Bertz CT molecular complexity index is 885. The fraction of sp³-hybridized carbons (Fsp3) is 0.889. The molecule has 0 saturated carbocycles. The van der Waals surface area contributed by atoms with Gasteiger partial charge in [0.25, 0.3) is 0 Å². The van der Waals surface area contributed by atoms with Gasteiger partial charge in [-0.15, -0.1) is 0 Å². The molecule has 0 fully saturated rings. The van der Waals surface area contributed by atoms with Gasteiger partial charge in [-0.05, 0) is 38.5 Å². The first-order valence-electron chi connectivity index (χ1n) is 22.2. The molecular weight excluding hydrogens is 666 g/mol. The van der Waals surface area contributed by atoms with Crippen LogP contribution in [0.4, 0.5) is 0 Å². The smallest absolute Gasteiger partial charge is 0.362 e. The Kier molecular flexibility index (Phi) is 35.7. The summed E-state index contributed by atoms with van der Waals surface area (Å²) >= 11 is 0. The first-order valence-corrected chi connectivity index (χ1v) is 22.2. The maximum atomic E-state index is 12.7. The van der Waals surface area contributed by atoms with Gasteiger partial charge in [0, 0.05) is 19.3 Å². The molecule has 2 unspecified atom stereocenters. The van der Waals surface area contributed by atoms with E-state index in [9.17, 15) is 19.5 Å². The van der Waals surface area contributed by atoms with E-state index in [4.69, 9.17) is 14.2 Å². The monoisotopic (exact) mass is 753 g/mol. The molecule has 0 radical (unpaired) electrons. The summed E-state index contributed by atoms with van der Waals surface area (Å²) in [6, 6.07) is -0.610. The molecule has 53 heavy (non-hydrogen) atoms. The van der Waals surface area contributed by atoms with E-state index in [-0.39, 0.29) is 36.2 Å². The van der Waals surface area contributed by atoms with Gasteiger partial charge in [0.1, 0.15) is 6.61 Å². The average molecular weight is 753 g/mol. The van der Waals surface area contributed by atoms with Crippen LogP contribution in [0, 0.1) is 0 Å². The van der Waals surface area contributed by atoms with Crippen molar-refractivity contribution in [3.63, 3.8) is 0 Å². The summed E-state index contributed by atoms with van der Waals surface area (Å²) in [6.07, 6.45) is 38.1. The second kappa shape index (κ2) is 37.0. The minimum absolute atomic E-state index is 0.0467. The van der Waals surface area contributed by atoms with E-state index in [0.717, 1.165) is 38.5 Å². The number of likely N-dealkylation sites (N-methyl/N-ethyl adjacent to an activating group) is 1. The van der Waals surface area contributed by atoms with Gasteiger partial charge in [-0.3, -0.25) is 9.59 Å². The van der Waals surface area contributed by atoms with Crippen molar-refractivity contribution in [3.8, 4) is 0 Å². The first kappa shape index (κ1) is 51.1. The topological polar surface area (TPSA) is 99.1 Å². The largest absolute Gasteiger partial charge is 0.477 e. The highest BCUT2D eigenvalue weighted by atomic mass is 16.6. The number of carbonyl (C=O) groups excluding carboxylic acids is 2. The van der Waals surface area contributed by atoms with Crippen LogP contribution in [0.2, 0.25) is 0 Å². The predicted molar refractivity (Wildman–Crippen MR) is 220 cm³/mol. The van der Waals surface area contributed by atoms with E-state index in [1.54, 1.807) is 0 Å². The lowest BCUT2D eigenvalue weighted by atomic mass is 10.0. The van der Waals surface area contributed by atoms with Crippen LogP contribution in [0.3, 0.4) is 0 Å². The second-order valence-corrected chi connectivity index (χ2v) is 16.3. The third kappa shape index (κ3) is 35.5. The number of carboxylic acids is 1. The quantitative estimate of drug-likeness (QED) is 0.0288. The van der Waals surface area contributed by atoms with Gasteiger partial charge in [-0.25, -0.2) is 4.79 Å². The maximum Gasteiger partial charge on any atom is 0.362 e. The molecule has 0 aromatic rings. The van der Waals surface area contributed by atoms with Crippen LogP contribution in [0.25, 0.3) is 0 Å². The summed E-state index contributed by atoms with van der Waals surface area (Å²) in [6.45, 7) is 4.74. The Labute approximate surface area is 327 Å². The summed E-state index contributed by atoms with van der Waals surface area (Å²) in [7, 11) is 5.53. The molecule has 0 aromatic carbocycles. The van der Waals surface area contributed by atoms with Gasteiger partial charge in [-0.2, -0.15) is 0 Å². The molecule has 2 atom stereocenters. The number of rotatable bonds is 40. The zero-order valence-corrected chi connectivity index (χ0v) is 35.5. The van der Waals surface area contributed by atoms with Crippen LogP contribution in [-0.4, -0.2) is 80.6 Å². The maximum absolute atomic E-state index is 12.7. The van der Waals surface area contributed by atoms with Crippen LogP contribution in [-0.2, 0) is 28.6 Å². The summed E-state index contributed by atoms with van der Waals surface area (Å²) in [5.41, 5.74) is 0. The van der Waals surface area contributed by atoms with Gasteiger partial charge in [0.2, 0.25) is 0 Å². The number of esters is 2. The third-order valence-electron chi connectivity index (χ3n) is 10.2. The van der Waals surface area contributed by atoms with Gasteiger partial charge in [-0.1, -0.05) is 161 Å². The van der Waals surface area contributed by atoms with E-state index in [2.05, 4.69) is 26.0 Å². The minimum Gasteiger partial charge on any atom is -0.477 e. The molecule has 0 aromatic heterocycles. The predicted octanol–water partition coefficient (Wildman–Crippen LogP) is 11.9. The molecule has 0 aliphatic heterocycles. The van der Waals surface area contributed by atoms with Crippen molar-refractivity contribution in [3.05, 3.63) is 12.2 Å². The fourth-order valence-corrected chi connectivity index (χ4v) is 6.67. The number of allylic oxidation sites excluding steroid dienone is 2. The normalized spacial score (nSPS) is 13.0. The molecule has 0 heterocycles. The molecule has 0 bridgehead atoms. The first-order chi connectivity index (χ1) is 25.6. The number of aliphatic carboxylic acids is 1. The zero-order valence-electron chi connectivity index (χ0n) is 35.5. The lowest BCUT2D eigenvalue weighted by Gasteiger charge is -2.31. The summed E-state index contributed by atoms with van der Waals surface area (Å²) in [4.78, 5) is 36.9. The Balaban J connectivity index is 4.32. The van der Waals surface area contributed by atoms with Crippen LogP contribution in [0.5, 0.6) is 0 Å². The average Bonchev–Trinajstić information content (AvgIpc) is 3.11. The van der Waals surface area contributed by atoms with E-state index < -0.39 is 18.1 Å². The standard InChI is InChI=1S/C45H85NO7/c1-6-8-10-12-14-16-18-20-22-24-26-28-30-32-34-36-44(48)53-41(39-51-38-37-42(45(49)50)46(3,4)5)40-52-43(47)35-33-31-29-27-25-23-21-19-17-15-13-11-9-7-2/h16,18,41-42H,6-15,17,19-40H2,1-5H3/p+1/b18-16+. The highest BCUT2D eigenvalue weighted by molar-refractivity contribution is 5.72. The van der Waals surface area contributed by atoms with Gasteiger partial charge in [0.15, 0.2) is 12.1 Å². The highest BCUT2D eigenvalue weighted by Gasteiger charge is 2.31. The number of nitrogens with zero attached hydrogens (tertiary/aromatic N) is 1. The number of carbonyl (C=O) groups is 3. The molecule has 8 heteroatoms. The van der Waals surface area contributed by atoms with Gasteiger partial charge < -0.3 is 23.8 Å². The summed E-state index contributed by atoms with van der Waals surface area (Å²) in [5, 5.41) is 9.61. The van der Waals surface area contributed by atoms with Crippen LogP contribution in [0.1, 0.15) is 206 Å². The number of hydrogen-bond donors (Lipinski definition) is 1. The Morgan fingerprint density at radius 1 is 0.547 bits per heavy atom. The van der Waals surface area contributed by atoms with Crippen molar-refractivity contribution < 1.29 is 38.2 Å². The SMILES string of the molecule is CCCCCC/C=C/CCCCCCCCCC(=O)OC(COCCC(C(=O)O)[N+](C)(C)C)COC(=O)CCCCCCCCCCCCCCCC. The summed E-state index contributed by atoms with van der Waals surface area (Å²) in [5.74, 6) is -1.46. The molecule has 0 aliphatic rings. The van der Waals surface area contributed by atoms with Crippen LogP contribution in [0.15, 0.2) is 12.2 Å². The molecule has 312 valence electrons. The molecule has 0 amide bonds. The fourth-order valence-electron chi connectivity index (χ4n) is 6.67. The van der Waals surface area contributed by atoms with Crippen molar-refractivity contribution in [1.82, 2.24) is 0 Å². The lowest BCUT2D eigenvalue weighted by molar-refractivity contribution is -0.887. The number of ether oxygens (including phenoxy) is 3. The van der Waals surface area contributed by atoms with Crippen molar-refractivity contribution in [1.29, 1.82) is 0 Å². The van der Waals surface area contributed by atoms with Crippen molar-refractivity contribution in [2.75, 3.05) is 41.0 Å². The van der Waals surface area contributed by atoms with Crippen LogP contribution < -0.4 is 0 Å². The highest BCUT2D eigenvalue weighted by Crippen LogP contribution is 2.15. The van der Waals surface area contributed by atoms with E-state index in [1.807, 2.05) is 21.1 Å². The molecule has 1 N–H and O–H groups in total. The number of quaternary nitrogens is 1. The number of carboxylic acid groups (broad SMARTS) is 1. The van der Waals surface area contributed by atoms with E-state index >= 15 is 0 Å². The zero-order chi connectivity index (χ0) is 39.3. The molecule has 8 nitrogen and oxygen atoms in total. The summed E-state index contributed by atoms with van der Waals surface area (Å²) < 4.78 is 17.3. The van der Waals surface area contributed by atoms with Gasteiger partial charge in [0.05, 0.1) is 34.4 Å². The Hall–Kier alpha value is -1.93. The minimum atomic E-state index is -0.873.